The lowest BCUT2D eigenvalue weighted by Gasteiger charge is -2.18. The molecular weight excluding hydrogens is 125 g/mol. The van der Waals surface area contributed by atoms with Gasteiger partial charge in [-0.05, 0) is 6.82 Å². The van der Waals surface area contributed by atoms with Gasteiger partial charge in [0.05, 0.1) is 6.44 Å². The molecule has 0 aliphatic carbocycles. The van der Waals surface area contributed by atoms with E-state index < -0.39 is 0 Å². The number of hydrogen-bond acceptors (Lipinski definition) is 2. The molecule has 0 N–H and O–H groups in total. The lowest BCUT2D eigenvalue weighted by atomic mass is 9.72. The summed E-state index contributed by atoms with van der Waals surface area (Å²) >= 11 is 0. The highest BCUT2D eigenvalue weighted by atomic mass is 16.5. The van der Waals surface area contributed by atoms with Crippen molar-refractivity contribution in [1.29, 1.82) is 0 Å². The lowest BCUT2D eigenvalue weighted by molar-refractivity contribution is 0.454. The zero-order valence-corrected chi connectivity index (χ0v) is 7.14. The van der Waals surface area contributed by atoms with E-state index in [2.05, 4.69) is 25.8 Å². The van der Waals surface area contributed by atoms with Gasteiger partial charge in [0.1, 0.15) is 0 Å². The Morgan fingerprint density at radius 3 is 2.30 bits per heavy atom. The molecule has 0 fully saturated rings. The minimum atomic E-state index is 0.0881. The summed E-state index contributed by atoms with van der Waals surface area (Å²) in [5, 5.41) is 0. The minimum Gasteiger partial charge on any atom is -0.549 e. The third-order valence-corrected chi connectivity index (χ3v) is 1.45. The molecule has 0 radical (unpaired) electrons. The molecule has 0 aromatic carbocycles. The highest BCUT2D eigenvalue weighted by Crippen LogP contribution is 2.20. The van der Waals surface area contributed by atoms with Gasteiger partial charge in [0.2, 0.25) is 0 Å². The van der Waals surface area contributed by atoms with E-state index in [1.54, 1.807) is 0 Å². The zero-order chi connectivity index (χ0) is 7.78. The second kappa shape index (κ2) is 2.29. The SMILES string of the molecule is CB1CN=C(C(C)(C)C)O1. The molecule has 0 saturated heterocycles. The summed E-state index contributed by atoms with van der Waals surface area (Å²) in [6, 6.07) is 0. The Bertz CT molecular complexity index is 159. The van der Waals surface area contributed by atoms with Gasteiger partial charge in [-0.25, -0.2) is 0 Å². The van der Waals surface area contributed by atoms with Crippen LogP contribution in [0.4, 0.5) is 0 Å². The molecule has 0 unspecified atom stereocenters. The molecule has 1 aliphatic rings. The van der Waals surface area contributed by atoms with Crippen LogP contribution < -0.4 is 0 Å². The second-order valence-electron chi connectivity index (χ2n) is 3.82. The van der Waals surface area contributed by atoms with E-state index in [-0.39, 0.29) is 12.3 Å². The topological polar surface area (TPSA) is 21.6 Å². The number of hydrogen-bond donors (Lipinski definition) is 0. The Kier molecular flexibility index (Phi) is 1.75. The highest BCUT2D eigenvalue weighted by molar-refractivity contribution is 6.54. The van der Waals surface area contributed by atoms with Crippen molar-refractivity contribution in [3.05, 3.63) is 0 Å². The molecular formula is C7H14BNO. The molecule has 0 bridgehead atoms. The van der Waals surface area contributed by atoms with Crippen LogP contribution in [0.25, 0.3) is 0 Å². The molecule has 1 heterocycles. The molecule has 3 heteroatoms. The van der Waals surface area contributed by atoms with Crippen LogP contribution in [0.3, 0.4) is 0 Å². The second-order valence-corrected chi connectivity index (χ2v) is 3.82. The fraction of sp³-hybridized carbons (Fsp3) is 0.857. The van der Waals surface area contributed by atoms with Crippen LogP contribution in [0.5, 0.6) is 0 Å². The minimum absolute atomic E-state index is 0.0881. The largest absolute Gasteiger partial charge is 0.549 e. The molecule has 0 saturated carbocycles. The molecule has 0 aromatic rings. The predicted molar refractivity (Wildman–Crippen MR) is 44.5 cm³/mol. The summed E-state index contributed by atoms with van der Waals surface area (Å²) in [7, 11) is 0. The van der Waals surface area contributed by atoms with Gasteiger partial charge in [0.25, 0.3) is 0 Å². The van der Waals surface area contributed by atoms with Crippen molar-refractivity contribution in [2.24, 2.45) is 10.4 Å². The molecule has 0 aromatic heterocycles. The van der Waals surface area contributed by atoms with E-state index in [1.165, 1.54) is 0 Å². The molecule has 1 aliphatic heterocycles. The van der Waals surface area contributed by atoms with Crippen molar-refractivity contribution in [2.45, 2.75) is 27.6 Å². The molecule has 0 amide bonds. The van der Waals surface area contributed by atoms with E-state index in [0.29, 0.717) is 0 Å². The Morgan fingerprint density at radius 1 is 1.50 bits per heavy atom. The van der Waals surface area contributed by atoms with Crippen LogP contribution in [-0.2, 0) is 4.65 Å². The first-order valence-electron chi connectivity index (χ1n) is 3.72. The fourth-order valence-corrected chi connectivity index (χ4v) is 0.891. The monoisotopic (exact) mass is 139 g/mol. The van der Waals surface area contributed by atoms with Crippen LogP contribution in [0.2, 0.25) is 6.82 Å². The average molecular weight is 139 g/mol. The average Bonchev–Trinajstić information content (AvgIpc) is 2.11. The van der Waals surface area contributed by atoms with Crippen molar-refractivity contribution in [3.8, 4) is 0 Å². The molecule has 56 valence electrons. The summed E-state index contributed by atoms with van der Waals surface area (Å²) < 4.78 is 5.48. The van der Waals surface area contributed by atoms with Crippen molar-refractivity contribution < 1.29 is 4.65 Å². The Labute approximate surface area is 62.8 Å². The Hall–Kier alpha value is -0.465. The van der Waals surface area contributed by atoms with Crippen LogP contribution in [0.15, 0.2) is 4.99 Å². The predicted octanol–water partition coefficient (Wildman–Crippen LogP) is 1.62. The van der Waals surface area contributed by atoms with E-state index in [0.717, 1.165) is 12.3 Å². The zero-order valence-electron chi connectivity index (χ0n) is 7.14. The van der Waals surface area contributed by atoms with Crippen molar-refractivity contribution in [3.63, 3.8) is 0 Å². The van der Waals surface area contributed by atoms with E-state index in [9.17, 15) is 0 Å². The molecule has 2 nitrogen and oxygen atoms in total. The smallest absolute Gasteiger partial charge is 0.377 e. The van der Waals surface area contributed by atoms with Crippen molar-refractivity contribution >= 4 is 12.8 Å². The van der Waals surface area contributed by atoms with Gasteiger partial charge in [-0.2, -0.15) is 0 Å². The Morgan fingerprint density at radius 2 is 2.10 bits per heavy atom. The van der Waals surface area contributed by atoms with Gasteiger partial charge >= 0.3 is 6.92 Å². The first-order chi connectivity index (χ1) is 4.50. The standard InChI is InChI=1S/C7H14BNO/c1-7(2,3)6-9-5-8(4)10-6/h5H2,1-4H3. The van der Waals surface area contributed by atoms with Crippen LogP contribution in [0, 0.1) is 5.41 Å². The van der Waals surface area contributed by atoms with Gasteiger partial charge in [-0.1, -0.05) is 20.8 Å². The van der Waals surface area contributed by atoms with Gasteiger partial charge in [-0.15, -0.1) is 0 Å². The molecule has 0 spiro atoms. The van der Waals surface area contributed by atoms with E-state index >= 15 is 0 Å². The van der Waals surface area contributed by atoms with Crippen LogP contribution in [0.1, 0.15) is 20.8 Å². The summed E-state index contributed by atoms with van der Waals surface area (Å²) in [6.07, 6.45) is 0.826. The molecule has 1 rings (SSSR count). The summed E-state index contributed by atoms with van der Waals surface area (Å²) in [4.78, 5) is 4.28. The summed E-state index contributed by atoms with van der Waals surface area (Å²) in [5.41, 5.74) is 0.0881. The fourth-order valence-electron chi connectivity index (χ4n) is 0.891. The van der Waals surface area contributed by atoms with Crippen LogP contribution >= 0.6 is 0 Å². The first kappa shape index (κ1) is 7.64. The number of aliphatic imine (C=N–C) groups is 1. The maximum Gasteiger partial charge on any atom is 0.377 e. The normalized spacial score (nSPS) is 18.8. The van der Waals surface area contributed by atoms with Crippen LogP contribution in [-0.4, -0.2) is 19.3 Å². The highest BCUT2D eigenvalue weighted by Gasteiger charge is 2.28. The maximum atomic E-state index is 5.48. The lowest BCUT2D eigenvalue weighted by Crippen LogP contribution is -2.24. The van der Waals surface area contributed by atoms with Crippen molar-refractivity contribution in [1.82, 2.24) is 0 Å². The number of rotatable bonds is 0. The first-order valence-corrected chi connectivity index (χ1v) is 3.72. The third-order valence-electron chi connectivity index (χ3n) is 1.45. The third kappa shape index (κ3) is 1.52. The van der Waals surface area contributed by atoms with E-state index in [4.69, 9.17) is 4.65 Å². The van der Waals surface area contributed by atoms with E-state index in [1.807, 2.05) is 6.82 Å². The molecule has 10 heavy (non-hydrogen) atoms. The summed E-state index contributed by atoms with van der Waals surface area (Å²) in [6.45, 7) is 8.68. The van der Waals surface area contributed by atoms with Gasteiger partial charge in [-0.3, -0.25) is 4.99 Å². The van der Waals surface area contributed by atoms with Gasteiger partial charge < -0.3 is 4.65 Å². The maximum absolute atomic E-state index is 5.48. The summed E-state index contributed by atoms with van der Waals surface area (Å²) in [5.74, 6) is 0.903. The van der Waals surface area contributed by atoms with Gasteiger partial charge in [0, 0.05) is 5.41 Å². The Balaban J connectivity index is 2.60. The van der Waals surface area contributed by atoms with Crippen molar-refractivity contribution in [2.75, 3.05) is 6.44 Å². The molecule has 0 atom stereocenters. The van der Waals surface area contributed by atoms with Gasteiger partial charge in [0.15, 0.2) is 5.90 Å². The number of nitrogens with zero attached hydrogens (tertiary/aromatic N) is 1. The quantitative estimate of drug-likeness (QED) is 0.467.